The third-order valence-electron chi connectivity index (χ3n) is 4.58. The van der Waals surface area contributed by atoms with Crippen molar-refractivity contribution in [3.8, 4) is 0 Å². The van der Waals surface area contributed by atoms with E-state index in [0.717, 1.165) is 35.0 Å². The first-order valence-corrected chi connectivity index (χ1v) is 7.66. The Labute approximate surface area is 130 Å². The molecule has 1 aromatic carbocycles. The number of para-hydroxylation sites is 1. The Bertz CT molecular complexity index is 802. The van der Waals surface area contributed by atoms with E-state index < -0.39 is 0 Å². The van der Waals surface area contributed by atoms with E-state index in [1.165, 1.54) is 0 Å². The molecule has 0 radical (unpaired) electrons. The van der Waals surface area contributed by atoms with Crippen LogP contribution in [-0.2, 0) is 5.54 Å². The number of aryl methyl sites for hydroxylation is 1. The molecule has 2 aromatic heterocycles. The third kappa shape index (κ3) is 2.04. The molecule has 0 atom stereocenters. The van der Waals surface area contributed by atoms with Crippen molar-refractivity contribution in [2.24, 2.45) is 0 Å². The molecule has 0 spiro atoms. The van der Waals surface area contributed by atoms with Crippen molar-refractivity contribution < 1.29 is 0 Å². The number of aromatic nitrogens is 4. The lowest BCUT2D eigenvalue weighted by Gasteiger charge is -2.33. The van der Waals surface area contributed by atoms with E-state index in [4.69, 9.17) is 5.73 Å². The van der Waals surface area contributed by atoms with E-state index in [1.54, 1.807) is 0 Å². The summed E-state index contributed by atoms with van der Waals surface area (Å²) in [6, 6.07) is 10.2. The van der Waals surface area contributed by atoms with Crippen molar-refractivity contribution in [1.29, 1.82) is 0 Å². The van der Waals surface area contributed by atoms with Gasteiger partial charge in [-0.15, -0.1) is 5.10 Å². The summed E-state index contributed by atoms with van der Waals surface area (Å²) in [6.45, 7) is 6.33. The van der Waals surface area contributed by atoms with E-state index in [9.17, 15) is 0 Å². The Balaban J connectivity index is 2.26. The third-order valence-corrected chi connectivity index (χ3v) is 4.58. The van der Waals surface area contributed by atoms with Gasteiger partial charge in [-0.1, -0.05) is 31.2 Å². The summed E-state index contributed by atoms with van der Waals surface area (Å²) in [7, 11) is 0. The second-order valence-electron chi connectivity index (χ2n) is 5.65. The molecule has 0 aliphatic heterocycles. The first kappa shape index (κ1) is 14.5. The van der Waals surface area contributed by atoms with Crippen LogP contribution in [0.3, 0.4) is 0 Å². The average Bonchev–Trinajstić information content (AvgIpc) is 2.97. The SMILES string of the molecule is CCC(CC)(c1cnc(N)c(C)c1)n1nnc2ccccc21. The van der Waals surface area contributed by atoms with Gasteiger partial charge in [0.15, 0.2) is 0 Å². The van der Waals surface area contributed by atoms with Crippen LogP contribution in [0.4, 0.5) is 5.82 Å². The first-order chi connectivity index (χ1) is 10.6. The zero-order chi connectivity index (χ0) is 15.7. The number of rotatable bonds is 4. The Morgan fingerprint density at radius 2 is 1.91 bits per heavy atom. The molecule has 22 heavy (non-hydrogen) atoms. The summed E-state index contributed by atoms with van der Waals surface area (Å²) in [4.78, 5) is 4.35. The molecule has 0 fully saturated rings. The first-order valence-electron chi connectivity index (χ1n) is 7.66. The highest BCUT2D eigenvalue weighted by Crippen LogP contribution is 2.35. The number of benzene rings is 1. The van der Waals surface area contributed by atoms with Gasteiger partial charge < -0.3 is 5.73 Å². The molecule has 3 rings (SSSR count). The number of hydrogen-bond acceptors (Lipinski definition) is 4. The van der Waals surface area contributed by atoms with Gasteiger partial charge >= 0.3 is 0 Å². The van der Waals surface area contributed by atoms with Gasteiger partial charge in [0, 0.05) is 6.20 Å². The highest BCUT2D eigenvalue weighted by molar-refractivity contribution is 5.74. The van der Waals surface area contributed by atoms with E-state index in [2.05, 4.69) is 41.3 Å². The van der Waals surface area contributed by atoms with E-state index in [0.29, 0.717) is 5.82 Å². The molecule has 0 saturated heterocycles. The van der Waals surface area contributed by atoms with Crippen molar-refractivity contribution >= 4 is 16.9 Å². The number of nitrogens with zero attached hydrogens (tertiary/aromatic N) is 4. The maximum Gasteiger partial charge on any atom is 0.126 e. The molecule has 5 heteroatoms. The van der Waals surface area contributed by atoms with Gasteiger partial charge in [0.25, 0.3) is 0 Å². The molecule has 0 amide bonds. The second kappa shape index (κ2) is 5.40. The summed E-state index contributed by atoms with van der Waals surface area (Å²) in [5.74, 6) is 0.577. The lowest BCUT2D eigenvalue weighted by Crippen LogP contribution is -2.35. The van der Waals surface area contributed by atoms with E-state index >= 15 is 0 Å². The fourth-order valence-corrected chi connectivity index (χ4v) is 3.11. The lowest BCUT2D eigenvalue weighted by atomic mass is 9.85. The van der Waals surface area contributed by atoms with Crippen LogP contribution in [0.2, 0.25) is 0 Å². The molecule has 0 aliphatic rings. The molecule has 0 aliphatic carbocycles. The number of nitrogen functional groups attached to an aromatic ring is 1. The molecule has 2 N–H and O–H groups in total. The van der Waals surface area contributed by atoms with Crippen LogP contribution in [0.15, 0.2) is 36.5 Å². The van der Waals surface area contributed by atoms with Crippen LogP contribution < -0.4 is 5.73 Å². The Morgan fingerprint density at radius 1 is 1.18 bits per heavy atom. The Morgan fingerprint density at radius 3 is 2.59 bits per heavy atom. The van der Waals surface area contributed by atoms with Crippen LogP contribution in [-0.4, -0.2) is 20.0 Å². The van der Waals surface area contributed by atoms with Crippen LogP contribution in [0.1, 0.15) is 37.8 Å². The van der Waals surface area contributed by atoms with E-state index in [-0.39, 0.29) is 5.54 Å². The quantitative estimate of drug-likeness (QED) is 0.802. The maximum atomic E-state index is 5.88. The zero-order valence-corrected chi connectivity index (χ0v) is 13.2. The summed E-state index contributed by atoms with van der Waals surface area (Å²) in [6.07, 6.45) is 3.68. The smallest absolute Gasteiger partial charge is 0.126 e. The van der Waals surface area contributed by atoms with Gasteiger partial charge in [0.05, 0.1) is 11.1 Å². The fourth-order valence-electron chi connectivity index (χ4n) is 3.11. The second-order valence-corrected chi connectivity index (χ2v) is 5.65. The van der Waals surface area contributed by atoms with Gasteiger partial charge in [-0.25, -0.2) is 9.67 Å². The molecular formula is C17H21N5. The molecule has 114 valence electrons. The predicted octanol–water partition coefficient (Wildman–Crippen LogP) is 3.28. The van der Waals surface area contributed by atoms with Crippen molar-refractivity contribution in [3.05, 3.63) is 47.7 Å². The zero-order valence-electron chi connectivity index (χ0n) is 13.2. The Hall–Kier alpha value is -2.43. The Kier molecular flexibility index (Phi) is 3.56. The topological polar surface area (TPSA) is 69.6 Å². The average molecular weight is 295 g/mol. The normalized spacial score (nSPS) is 12.0. The van der Waals surface area contributed by atoms with Crippen LogP contribution in [0.5, 0.6) is 0 Å². The van der Waals surface area contributed by atoms with Crippen molar-refractivity contribution in [1.82, 2.24) is 20.0 Å². The predicted molar refractivity (Wildman–Crippen MR) is 88.6 cm³/mol. The molecule has 3 aromatic rings. The minimum Gasteiger partial charge on any atom is -0.383 e. The number of fused-ring (bicyclic) bond motifs is 1. The fraction of sp³-hybridized carbons (Fsp3) is 0.353. The van der Waals surface area contributed by atoms with Crippen LogP contribution in [0, 0.1) is 6.92 Å². The monoisotopic (exact) mass is 295 g/mol. The minimum absolute atomic E-state index is 0.262. The largest absolute Gasteiger partial charge is 0.383 e. The van der Waals surface area contributed by atoms with Crippen molar-refractivity contribution in [2.75, 3.05) is 5.73 Å². The highest BCUT2D eigenvalue weighted by Gasteiger charge is 2.34. The van der Waals surface area contributed by atoms with Crippen LogP contribution >= 0.6 is 0 Å². The molecular weight excluding hydrogens is 274 g/mol. The van der Waals surface area contributed by atoms with Gasteiger partial charge in [0.1, 0.15) is 11.3 Å². The number of nitrogens with two attached hydrogens (primary N) is 1. The highest BCUT2D eigenvalue weighted by atomic mass is 15.5. The number of anilines is 1. The standard InChI is InChI=1S/C17H21N5/c1-4-17(5-2,13-10-12(3)16(18)19-11-13)22-15-9-7-6-8-14(15)20-21-22/h6-11H,4-5H2,1-3H3,(H2,18,19). The van der Waals surface area contributed by atoms with Crippen LogP contribution in [0.25, 0.3) is 11.0 Å². The van der Waals surface area contributed by atoms with Crippen molar-refractivity contribution in [3.63, 3.8) is 0 Å². The summed E-state index contributed by atoms with van der Waals surface area (Å²) in [5, 5.41) is 8.76. The molecule has 5 nitrogen and oxygen atoms in total. The summed E-state index contributed by atoms with van der Waals surface area (Å²) < 4.78 is 2.04. The summed E-state index contributed by atoms with van der Waals surface area (Å²) >= 11 is 0. The molecule has 0 unspecified atom stereocenters. The van der Waals surface area contributed by atoms with Gasteiger partial charge in [-0.2, -0.15) is 0 Å². The molecule has 0 saturated carbocycles. The van der Waals surface area contributed by atoms with E-state index in [1.807, 2.05) is 36.0 Å². The molecule has 0 bridgehead atoms. The minimum atomic E-state index is -0.262. The molecule has 2 heterocycles. The lowest BCUT2D eigenvalue weighted by molar-refractivity contribution is 0.299. The summed E-state index contributed by atoms with van der Waals surface area (Å²) in [5.41, 5.74) is 9.69. The number of pyridine rings is 1. The number of hydrogen-bond donors (Lipinski definition) is 1. The van der Waals surface area contributed by atoms with Gasteiger partial charge in [-0.05, 0) is 49.1 Å². The maximum absolute atomic E-state index is 5.88. The van der Waals surface area contributed by atoms with Gasteiger partial charge in [-0.3, -0.25) is 0 Å². The van der Waals surface area contributed by atoms with Gasteiger partial charge in [0.2, 0.25) is 0 Å². The van der Waals surface area contributed by atoms with Crippen molar-refractivity contribution in [2.45, 2.75) is 39.2 Å².